The van der Waals surface area contributed by atoms with Gasteiger partial charge in [-0.05, 0) is 78.4 Å². The fraction of sp³-hybridized carbons (Fsp3) is 0.639. The number of benzene rings is 1. The molecular formula is C36H54N6O6. The SMILES string of the molecule is CCn1cc(C(=O)N(C)CCC[C@H]2C(=O)N(C)CCCCC3(CCN(C(=O)OC(C)(C)C)CC3)COc3ccccc3C(=O)N2C)cn1. The standard InChI is InChI=1S/C36H54N6O6/c1-8-42-25-27(24-37-42)31(43)38(5)21-13-15-29-33(45)39(6)20-12-11-17-36(18-22-41(23-19-36)34(46)48-35(2,3)4)26-47-30-16-10-9-14-28(30)32(44)40(29)7/h9-10,14,16,24-25,29H,8,11-13,15,17-23,26H2,1-7H3/t29-/m0/s1. The summed E-state index contributed by atoms with van der Waals surface area (Å²) in [5, 5.41) is 4.20. The zero-order valence-corrected chi connectivity index (χ0v) is 29.9. The van der Waals surface area contributed by atoms with E-state index in [4.69, 9.17) is 9.47 Å². The molecule has 4 rings (SSSR count). The second-order valence-corrected chi connectivity index (χ2v) is 14.4. The van der Waals surface area contributed by atoms with E-state index in [1.54, 1.807) is 71.1 Å². The van der Waals surface area contributed by atoms with E-state index in [0.29, 0.717) is 69.0 Å². The Morgan fingerprint density at radius 3 is 2.44 bits per heavy atom. The number of piperidine rings is 1. The fourth-order valence-corrected chi connectivity index (χ4v) is 6.48. The van der Waals surface area contributed by atoms with Crippen LogP contribution in [0.15, 0.2) is 36.7 Å². The molecule has 0 radical (unpaired) electrons. The van der Waals surface area contributed by atoms with Gasteiger partial charge in [0.25, 0.3) is 11.8 Å². The third-order valence-electron chi connectivity index (χ3n) is 9.55. The molecule has 2 aliphatic heterocycles. The molecule has 1 spiro atoms. The van der Waals surface area contributed by atoms with Crippen LogP contribution in [0.5, 0.6) is 5.75 Å². The Bertz CT molecular complexity index is 1430. The van der Waals surface area contributed by atoms with Gasteiger partial charge >= 0.3 is 6.09 Å². The zero-order valence-electron chi connectivity index (χ0n) is 29.9. The summed E-state index contributed by atoms with van der Waals surface area (Å²) in [5.41, 5.74) is 0.196. The van der Waals surface area contributed by atoms with Crippen LogP contribution in [0.1, 0.15) is 93.4 Å². The van der Waals surface area contributed by atoms with Crippen LogP contribution >= 0.6 is 0 Å². The number of aryl methyl sites for hydroxylation is 1. The van der Waals surface area contributed by atoms with Gasteiger partial charge in [0.05, 0.1) is 23.9 Å². The smallest absolute Gasteiger partial charge is 0.410 e. The van der Waals surface area contributed by atoms with Crippen molar-refractivity contribution in [2.24, 2.45) is 5.41 Å². The molecular weight excluding hydrogens is 612 g/mol. The predicted octanol–water partition coefficient (Wildman–Crippen LogP) is 4.93. The van der Waals surface area contributed by atoms with Gasteiger partial charge in [0, 0.05) is 65.5 Å². The Kier molecular flexibility index (Phi) is 12.1. The van der Waals surface area contributed by atoms with E-state index in [1.807, 2.05) is 33.8 Å². The van der Waals surface area contributed by atoms with Gasteiger partial charge < -0.3 is 29.1 Å². The molecule has 12 nitrogen and oxygen atoms in total. The second kappa shape index (κ2) is 15.9. The number of amides is 4. The van der Waals surface area contributed by atoms with E-state index < -0.39 is 11.6 Å². The number of aromatic nitrogens is 2. The fourth-order valence-electron chi connectivity index (χ4n) is 6.48. The molecule has 1 aromatic heterocycles. The summed E-state index contributed by atoms with van der Waals surface area (Å²) in [7, 11) is 5.21. The van der Waals surface area contributed by atoms with Crippen LogP contribution in [0.25, 0.3) is 0 Å². The quantitative estimate of drug-likeness (QED) is 0.429. The molecule has 1 fully saturated rings. The number of hydrogen-bond donors (Lipinski definition) is 0. The van der Waals surface area contributed by atoms with E-state index in [1.165, 1.54) is 4.90 Å². The molecule has 1 atom stereocenters. The molecule has 2 aliphatic rings. The maximum Gasteiger partial charge on any atom is 0.410 e. The van der Waals surface area contributed by atoms with E-state index >= 15 is 0 Å². The molecule has 264 valence electrons. The molecule has 0 N–H and O–H groups in total. The highest BCUT2D eigenvalue weighted by Gasteiger charge is 2.39. The molecule has 48 heavy (non-hydrogen) atoms. The number of likely N-dealkylation sites (N-methyl/N-ethyl adjacent to an activating group) is 2. The van der Waals surface area contributed by atoms with E-state index in [2.05, 4.69) is 5.10 Å². The summed E-state index contributed by atoms with van der Waals surface area (Å²) >= 11 is 0. The average molecular weight is 667 g/mol. The first-order valence-electron chi connectivity index (χ1n) is 17.2. The number of para-hydroxylation sites is 1. The normalized spacial score (nSPS) is 19.4. The minimum absolute atomic E-state index is 0.125. The van der Waals surface area contributed by atoms with Crippen LogP contribution in [0, 0.1) is 5.41 Å². The Hall–Kier alpha value is -4.09. The minimum atomic E-state index is -0.701. The van der Waals surface area contributed by atoms with Gasteiger partial charge in [0.1, 0.15) is 17.4 Å². The molecule has 0 bridgehead atoms. The van der Waals surface area contributed by atoms with Crippen molar-refractivity contribution >= 4 is 23.8 Å². The van der Waals surface area contributed by atoms with Crippen LogP contribution in [0.2, 0.25) is 0 Å². The molecule has 0 aliphatic carbocycles. The summed E-state index contributed by atoms with van der Waals surface area (Å²) in [5.74, 6) is -0.0645. The van der Waals surface area contributed by atoms with Gasteiger partial charge in [-0.15, -0.1) is 0 Å². The summed E-state index contributed by atoms with van der Waals surface area (Å²) in [6.45, 7) is 10.8. The first-order valence-corrected chi connectivity index (χ1v) is 17.2. The first kappa shape index (κ1) is 36.7. The summed E-state index contributed by atoms with van der Waals surface area (Å²) in [6, 6.07) is 6.50. The predicted molar refractivity (Wildman–Crippen MR) is 183 cm³/mol. The second-order valence-electron chi connectivity index (χ2n) is 14.4. The number of hydrogen-bond acceptors (Lipinski definition) is 7. The van der Waals surface area contributed by atoms with Gasteiger partial charge in [0.15, 0.2) is 0 Å². The van der Waals surface area contributed by atoms with Crippen molar-refractivity contribution in [3.63, 3.8) is 0 Å². The van der Waals surface area contributed by atoms with Gasteiger partial charge in [0.2, 0.25) is 5.91 Å². The summed E-state index contributed by atoms with van der Waals surface area (Å²) in [4.78, 5) is 60.3. The summed E-state index contributed by atoms with van der Waals surface area (Å²) in [6.07, 6.45) is 8.05. The van der Waals surface area contributed by atoms with Crippen LogP contribution in [-0.4, -0.2) is 119 Å². The Labute approximate surface area is 285 Å². The Morgan fingerprint density at radius 2 is 1.77 bits per heavy atom. The van der Waals surface area contributed by atoms with Crippen LogP contribution in [0.4, 0.5) is 4.79 Å². The van der Waals surface area contributed by atoms with Crippen molar-refractivity contribution in [3.8, 4) is 5.75 Å². The number of fused-ring (bicyclic) bond motifs is 1. The van der Waals surface area contributed by atoms with Crippen molar-refractivity contribution in [1.82, 2.24) is 29.4 Å². The lowest BCUT2D eigenvalue weighted by atomic mass is 9.75. The molecule has 1 saturated heterocycles. The number of rotatable bonds is 6. The highest BCUT2D eigenvalue weighted by atomic mass is 16.6. The number of carbonyl (C=O) groups is 4. The zero-order chi connectivity index (χ0) is 35.1. The van der Waals surface area contributed by atoms with Gasteiger partial charge in [-0.1, -0.05) is 18.6 Å². The average Bonchev–Trinajstić information content (AvgIpc) is 3.55. The van der Waals surface area contributed by atoms with Crippen molar-refractivity contribution in [2.75, 3.05) is 53.9 Å². The number of carbonyl (C=O) groups excluding carboxylic acids is 4. The lowest BCUT2D eigenvalue weighted by Crippen LogP contribution is -2.49. The maximum atomic E-state index is 14.0. The largest absolute Gasteiger partial charge is 0.492 e. The van der Waals surface area contributed by atoms with E-state index in [0.717, 1.165) is 32.1 Å². The minimum Gasteiger partial charge on any atom is -0.492 e. The van der Waals surface area contributed by atoms with Crippen molar-refractivity contribution < 1.29 is 28.7 Å². The molecule has 12 heteroatoms. The third-order valence-corrected chi connectivity index (χ3v) is 9.55. The molecule has 4 amide bonds. The van der Waals surface area contributed by atoms with Crippen molar-refractivity contribution in [3.05, 3.63) is 47.8 Å². The highest BCUT2D eigenvalue weighted by Crippen LogP contribution is 2.38. The van der Waals surface area contributed by atoms with Crippen molar-refractivity contribution in [2.45, 2.75) is 90.8 Å². The lowest BCUT2D eigenvalue weighted by molar-refractivity contribution is -0.134. The highest BCUT2D eigenvalue weighted by molar-refractivity contribution is 5.99. The molecule has 0 saturated carbocycles. The maximum absolute atomic E-state index is 14.0. The molecule has 0 unspecified atom stereocenters. The number of likely N-dealkylation sites (tertiary alicyclic amines) is 1. The van der Waals surface area contributed by atoms with Crippen molar-refractivity contribution in [1.29, 1.82) is 0 Å². The van der Waals surface area contributed by atoms with Gasteiger partial charge in [-0.3, -0.25) is 19.1 Å². The third kappa shape index (κ3) is 9.29. The molecule has 2 aromatic rings. The number of ether oxygens (including phenoxy) is 2. The topological polar surface area (TPSA) is 118 Å². The number of nitrogens with zero attached hydrogens (tertiary/aromatic N) is 6. The monoisotopic (exact) mass is 666 g/mol. The first-order chi connectivity index (χ1) is 22.7. The molecule has 1 aromatic carbocycles. The van der Waals surface area contributed by atoms with E-state index in [-0.39, 0.29) is 29.2 Å². The summed E-state index contributed by atoms with van der Waals surface area (Å²) < 4.78 is 13.8. The van der Waals surface area contributed by atoms with E-state index in [9.17, 15) is 19.2 Å². The Balaban J connectivity index is 1.48. The van der Waals surface area contributed by atoms with Gasteiger partial charge in [-0.2, -0.15) is 5.10 Å². The van der Waals surface area contributed by atoms with Gasteiger partial charge in [-0.25, -0.2) is 4.79 Å². The Morgan fingerprint density at radius 1 is 1.06 bits per heavy atom. The molecule has 3 heterocycles. The van der Waals surface area contributed by atoms with Crippen LogP contribution in [-0.2, 0) is 16.1 Å². The van der Waals surface area contributed by atoms with Crippen LogP contribution < -0.4 is 4.74 Å². The van der Waals surface area contributed by atoms with Crippen LogP contribution in [0.3, 0.4) is 0 Å². The lowest BCUT2D eigenvalue weighted by Gasteiger charge is -2.42.